The van der Waals surface area contributed by atoms with Crippen molar-refractivity contribution in [3.63, 3.8) is 0 Å². The van der Waals surface area contributed by atoms with Crippen molar-refractivity contribution >= 4 is 0 Å². The van der Waals surface area contributed by atoms with Crippen LogP contribution >= 0.6 is 0 Å². The lowest BCUT2D eigenvalue weighted by atomic mass is 10.2. The maximum Gasteiger partial charge on any atom is 0.00670 e. The first-order valence-corrected chi connectivity index (χ1v) is 4.69. The summed E-state index contributed by atoms with van der Waals surface area (Å²) in [5.74, 6) is 0.985. The molecule has 0 aromatic rings. The molecule has 0 saturated heterocycles. The molecular formula is C10H19N. The highest BCUT2D eigenvalue weighted by Crippen LogP contribution is 2.32. The second-order valence-corrected chi connectivity index (χ2v) is 3.51. The first-order valence-electron chi connectivity index (χ1n) is 4.69. The molecule has 1 aliphatic carbocycles. The third kappa shape index (κ3) is 3.57. The predicted octanol–water partition coefficient (Wildman–Crippen LogP) is 2.34. The van der Waals surface area contributed by atoms with Crippen LogP contribution in [0.3, 0.4) is 0 Å². The van der Waals surface area contributed by atoms with E-state index in [1.54, 1.807) is 0 Å². The first-order chi connectivity index (χ1) is 5.34. The van der Waals surface area contributed by atoms with Crippen LogP contribution in [0.25, 0.3) is 0 Å². The van der Waals surface area contributed by atoms with E-state index in [1.807, 2.05) is 6.08 Å². The summed E-state index contributed by atoms with van der Waals surface area (Å²) >= 11 is 0. The molecule has 1 atom stereocenters. The minimum absolute atomic E-state index is 0.750. The number of rotatable bonds is 6. The van der Waals surface area contributed by atoms with Gasteiger partial charge in [0.15, 0.2) is 0 Å². The van der Waals surface area contributed by atoms with E-state index in [2.05, 4.69) is 18.8 Å². The van der Waals surface area contributed by atoms with Crippen molar-refractivity contribution in [2.75, 3.05) is 6.54 Å². The van der Waals surface area contributed by atoms with Crippen LogP contribution < -0.4 is 5.32 Å². The van der Waals surface area contributed by atoms with Crippen molar-refractivity contribution in [1.82, 2.24) is 5.32 Å². The molecule has 0 aromatic heterocycles. The summed E-state index contributed by atoms with van der Waals surface area (Å²) in [6.45, 7) is 7.15. The molecule has 1 unspecified atom stereocenters. The van der Waals surface area contributed by atoms with Crippen molar-refractivity contribution in [2.45, 2.75) is 38.6 Å². The molecule has 0 amide bonds. The Hall–Kier alpha value is -0.300. The number of allylic oxidation sites excluding steroid dienone is 1. The molecule has 1 aliphatic rings. The molecule has 0 heterocycles. The van der Waals surface area contributed by atoms with Gasteiger partial charge in [0.1, 0.15) is 0 Å². The summed E-state index contributed by atoms with van der Waals surface area (Å²) in [4.78, 5) is 0. The maximum atomic E-state index is 3.70. The number of unbranched alkanes of at least 4 members (excludes halogenated alkanes) is 1. The van der Waals surface area contributed by atoms with Gasteiger partial charge in [-0.2, -0.15) is 0 Å². The molecule has 0 bridgehead atoms. The summed E-state index contributed by atoms with van der Waals surface area (Å²) < 4.78 is 0. The van der Waals surface area contributed by atoms with E-state index in [-0.39, 0.29) is 0 Å². The van der Waals surface area contributed by atoms with Crippen molar-refractivity contribution in [3.8, 4) is 0 Å². The SMILES string of the molecule is C=CCCCNC(C)C1CC1. The highest BCUT2D eigenvalue weighted by atomic mass is 14.9. The van der Waals surface area contributed by atoms with E-state index in [0.717, 1.165) is 24.9 Å². The number of nitrogens with one attached hydrogen (secondary N) is 1. The van der Waals surface area contributed by atoms with E-state index >= 15 is 0 Å². The van der Waals surface area contributed by atoms with Crippen LogP contribution in [0.1, 0.15) is 32.6 Å². The second-order valence-electron chi connectivity index (χ2n) is 3.51. The summed E-state index contributed by atoms with van der Waals surface area (Å²) in [6.07, 6.45) is 7.25. The minimum Gasteiger partial charge on any atom is -0.314 e. The zero-order chi connectivity index (χ0) is 8.10. The number of hydrogen-bond acceptors (Lipinski definition) is 1. The lowest BCUT2D eigenvalue weighted by Gasteiger charge is -2.11. The third-order valence-electron chi connectivity index (χ3n) is 2.38. The minimum atomic E-state index is 0.750. The fourth-order valence-corrected chi connectivity index (χ4v) is 1.34. The van der Waals surface area contributed by atoms with Crippen LogP contribution in [-0.4, -0.2) is 12.6 Å². The molecule has 1 heteroatoms. The van der Waals surface area contributed by atoms with Crippen molar-refractivity contribution in [3.05, 3.63) is 12.7 Å². The molecule has 1 rings (SSSR count). The lowest BCUT2D eigenvalue weighted by Crippen LogP contribution is -2.28. The van der Waals surface area contributed by atoms with Crippen molar-refractivity contribution in [2.24, 2.45) is 5.92 Å². The average Bonchev–Trinajstić information content (AvgIpc) is 2.79. The molecule has 1 nitrogen and oxygen atoms in total. The van der Waals surface area contributed by atoms with Gasteiger partial charge in [0, 0.05) is 6.04 Å². The van der Waals surface area contributed by atoms with Gasteiger partial charge in [-0.05, 0) is 45.1 Å². The Kier molecular flexibility index (Phi) is 3.64. The van der Waals surface area contributed by atoms with Gasteiger partial charge in [0.25, 0.3) is 0 Å². The van der Waals surface area contributed by atoms with Crippen LogP contribution in [0, 0.1) is 5.92 Å². The van der Waals surface area contributed by atoms with E-state index in [0.29, 0.717) is 0 Å². The fraction of sp³-hybridized carbons (Fsp3) is 0.800. The quantitative estimate of drug-likeness (QED) is 0.456. The molecule has 0 aliphatic heterocycles. The third-order valence-corrected chi connectivity index (χ3v) is 2.38. The molecular weight excluding hydrogens is 134 g/mol. The van der Waals surface area contributed by atoms with Gasteiger partial charge in [-0.1, -0.05) is 6.08 Å². The van der Waals surface area contributed by atoms with Gasteiger partial charge in [0.05, 0.1) is 0 Å². The molecule has 1 fully saturated rings. The first kappa shape index (κ1) is 8.79. The van der Waals surface area contributed by atoms with Crippen LogP contribution in [0.5, 0.6) is 0 Å². The predicted molar refractivity (Wildman–Crippen MR) is 49.6 cm³/mol. The fourth-order valence-electron chi connectivity index (χ4n) is 1.34. The van der Waals surface area contributed by atoms with E-state index in [1.165, 1.54) is 19.3 Å². The molecule has 0 spiro atoms. The molecule has 0 radical (unpaired) electrons. The number of hydrogen-bond donors (Lipinski definition) is 1. The van der Waals surface area contributed by atoms with Gasteiger partial charge in [-0.3, -0.25) is 0 Å². The van der Waals surface area contributed by atoms with Crippen LogP contribution in [0.2, 0.25) is 0 Å². The summed E-state index contributed by atoms with van der Waals surface area (Å²) in [7, 11) is 0. The van der Waals surface area contributed by atoms with Crippen molar-refractivity contribution in [1.29, 1.82) is 0 Å². The van der Waals surface area contributed by atoms with Gasteiger partial charge >= 0.3 is 0 Å². The molecule has 0 aromatic carbocycles. The van der Waals surface area contributed by atoms with Crippen LogP contribution in [0.15, 0.2) is 12.7 Å². The van der Waals surface area contributed by atoms with Crippen LogP contribution in [-0.2, 0) is 0 Å². The highest BCUT2D eigenvalue weighted by molar-refractivity contribution is 4.83. The van der Waals surface area contributed by atoms with E-state index in [9.17, 15) is 0 Å². The highest BCUT2D eigenvalue weighted by Gasteiger charge is 2.26. The zero-order valence-electron chi connectivity index (χ0n) is 7.47. The Morgan fingerprint density at radius 3 is 2.91 bits per heavy atom. The molecule has 64 valence electrons. The topological polar surface area (TPSA) is 12.0 Å². The maximum absolute atomic E-state index is 3.70. The van der Waals surface area contributed by atoms with Gasteiger partial charge < -0.3 is 5.32 Å². The van der Waals surface area contributed by atoms with Crippen LogP contribution in [0.4, 0.5) is 0 Å². The smallest absolute Gasteiger partial charge is 0.00670 e. The average molecular weight is 153 g/mol. The summed E-state index contributed by atoms with van der Waals surface area (Å²) in [5.41, 5.74) is 0. The Bertz CT molecular complexity index is 116. The largest absolute Gasteiger partial charge is 0.314 e. The Balaban J connectivity index is 1.88. The lowest BCUT2D eigenvalue weighted by molar-refractivity contribution is 0.491. The van der Waals surface area contributed by atoms with E-state index in [4.69, 9.17) is 0 Å². The standard InChI is InChI=1S/C10H19N/c1-3-4-5-8-11-9(2)10-6-7-10/h3,9-11H,1,4-8H2,2H3. The summed E-state index contributed by atoms with van der Waals surface area (Å²) in [5, 5.41) is 3.53. The normalized spacial score (nSPS) is 19.7. The Morgan fingerprint density at radius 1 is 1.64 bits per heavy atom. The monoisotopic (exact) mass is 153 g/mol. The van der Waals surface area contributed by atoms with E-state index < -0.39 is 0 Å². The molecule has 11 heavy (non-hydrogen) atoms. The molecule has 1 saturated carbocycles. The zero-order valence-corrected chi connectivity index (χ0v) is 7.47. The van der Waals surface area contributed by atoms with Gasteiger partial charge in [-0.25, -0.2) is 0 Å². The Labute approximate surface area is 69.9 Å². The molecule has 1 N–H and O–H groups in total. The van der Waals surface area contributed by atoms with Gasteiger partial charge in [-0.15, -0.1) is 6.58 Å². The Morgan fingerprint density at radius 2 is 2.36 bits per heavy atom. The second kappa shape index (κ2) is 4.55. The van der Waals surface area contributed by atoms with Crippen molar-refractivity contribution < 1.29 is 0 Å². The van der Waals surface area contributed by atoms with Gasteiger partial charge in [0.2, 0.25) is 0 Å². The summed E-state index contributed by atoms with van der Waals surface area (Å²) in [6, 6.07) is 0.750.